The molecule has 6 heteroatoms. The van der Waals surface area contributed by atoms with Crippen LogP contribution in [0, 0.1) is 11.3 Å². The molecule has 1 amide bonds. The molecule has 0 atom stereocenters. The quantitative estimate of drug-likeness (QED) is 0.827. The third-order valence-corrected chi connectivity index (χ3v) is 5.83. The first-order valence-electron chi connectivity index (χ1n) is 8.84. The van der Waals surface area contributed by atoms with Crippen LogP contribution in [-0.2, 0) is 0 Å². The molecule has 3 aliphatic heterocycles. The Morgan fingerprint density at radius 2 is 1.75 bits per heavy atom. The summed E-state index contributed by atoms with van der Waals surface area (Å²) >= 11 is 0. The van der Waals surface area contributed by atoms with Crippen LogP contribution in [0.15, 0.2) is 24.3 Å². The summed E-state index contributed by atoms with van der Waals surface area (Å²) < 4.78 is 0. The van der Waals surface area contributed by atoms with Gasteiger partial charge in [-0.25, -0.2) is 4.79 Å². The Kier molecular flexibility index (Phi) is 3.79. The van der Waals surface area contributed by atoms with E-state index in [1.165, 1.54) is 18.8 Å². The van der Waals surface area contributed by atoms with E-state index >= 15 is 0 Å². The molecule has 0 aromatic heterocycles. The molecule has 4 rings (SSSR count). The van der Waals surface area contributed by atoms with Gasteiger partial charge in [-0.3, -0.25) is 0 Å². The Bertz CT molecular complexity index is 596. The van der Waals surface area contributed by atoms with Crippen LogP contribution in [0.4, 0.5) is 16.2 Å². The maximum Gasteiger partial charge on any atom is 0.407 e. The average molecular weight is 330 g/mol. The van der Waals surface area contributed by atoms with E-state index in [-0.39, 0.29) is 0 Å². The van der Waals surface area contributed by atoms with E-state index in [2.05, 4.69) is 21.9 Å². The van der Waals surface area contributed by atoms with Crippen molar-refractivity contribution in [3.63, 3.8) is 0 Å². The number of anilines is 2. The van der Waals surface area contributed by atoms with Gasteiger partial charge in [-0.1, -0.05) is 0 Å². The summed E-state index contributed by atoms with van der Waals surface area (Å²) in [5.41, 5.74) is 8.33. The molecular weight excluding hydrogens is 304 g/mol. The van der Waals surface area contributed by atoms with Gasteiger partial charge >= 0.3 is 6.09 Å². The number of rotatable bonds is 3. The van der Waals surface area contributed by atoms with Crippen LogP contribution >= 0.6 is 0 Å². The van der Waals surface area contributed by atoms with Gasteiger partial charge in [0.15, 0.2) is 0 Å². The molecule has 3 fully saturated rings. The molecule has 3 heterocycles. The topological polar surface area (TPSA) is 73.0 Å². The predicted octanol–water partition coefficient (Wildman–Crippen LogP) is 1.78. The van der Waals surface area contributed by atoms with Gasteiger partial charge in [0.25, 0.3) is 0 Å². The van der Waals surface area contributed by atoms with Crippen LogP contribution in [0.1, 0.15) is 12.8 Å². The zero-order valence-corrected chi connectivity index (χ0v) is 14.0. The molecule has 1 spiro atoms. The smallest absolute Gasteiger partial charge is 0.407 e. The lowest BCUT2D eigenvalue weighted by Gasteiger charge is -2.61. The van der Waals surface area contributed by atoms with Gasteiger partial charge in [-0.2, -0.15) is 0 Å². The molecule has 24 heavy (non-hydrogen) atoms. The molecule has 0 unspecified atom stereocenters. The van der Waals surface area contributed by atoms with Gasteiger partial charge < -0.3 is 25.5 Å². The van der Waals surface area contributed by atoms with Crippen LogP contribution in [0.2, 0.25) is 0 Å². The molecule has 3 saturated heterocycles. The summed E-state index contributed by atoms with van der Waals surface area (Å²) in [6, 6.07) is 8.15. The van der Waals surface area contributed by atoms with Crippen LogP contribution in [0.5, 0.6) is 0 Å². The van der Waals surface area contributed by atoms with Crippen LogP contribution in [-0.4, -0.2) is 66.8 Å². The molecule has 1 aromatic rings. The Hall–Kier alpha value is -1.95. The van der Waals surface area contributed by atoms with Crippen LogP contribution in [0.25, 0.3) is 0 Å². The highest BCUT2D eigenvalue weighted by Gasteiger charge is 2.51. The van der Waals surface area contributed by atoms with E-state index in [1.807, 2.05) is 12.1 Å². The molecular formula is C18H26N4O2. The van der Waals surface area contributed by atoms with E-state index in [1.54, 1.807) is 4.90 Å². The van der Waals surface area contributed by atoms with Gasteiger partial charge in [-0.05, 0) is 43.0 Å². The second-order valence-corrected chi connectivity index (χ2v) is 7.83. The van der Waals surface area contributed by atoms with Gasteiger partial charge in [0.2, 0.25) is 0 Å². The van der Waals surface area contributed by atoms with Crippen LogP contribution < -0.4 is 10.6 Å². The van der Waals surface area contributed by atoms with Crippen molar-refractivity contribution in [1.82, 2.24) is 9.80 Å². The van der Waals surface area contributed by atoms with Gasteiger partial charge in [0.1, 0.15) is 0 Å². The molecule has 3 N–H and O–H groups in total. The summed E-state index contributed by atoms with van der Waals surface area (Å²) in [5, 5.41) is 9.01. The van der Waals surface area contributed by atoms with Gasteiger partial charge in [0.05, 0.1) is 0 Å². The number of amides is 1. The minimum Gasteiger partial charge on any atom is -0.465 e. The second kappa shape index (κ2) is 5.84. The number of benzene rings is 1. The lowest BCUT2D eigenvalue weighted by Crippen LogP contribution is -2.72. The zero-order chi connectivity index (χ0) is 16.7. The first-order chi connectivity index (χ1) is 11.5. The number of nitrogens with zero attached hydrogens (tertiary/aromatic N) is 3. The third kappa shape index (κ3) is 2.90. The first kappa shape index (κ1) is 15.6. The number of hydrogen-bond donors (Lipinski definition) is 2. The van der Waals surface area contributed by atoms with E-state index in [9.17, 15) is 4.79 Å². The highest BCUT2D eigenvalue weighted by molar-refractivity contribution is 5.65. The van der Waals surface area contributed by atoms with Crippen molar-refractivity contribution in [2.24, 2.45) is 11.3 Å². The molecule has 6 nitrogen and oxygen atoms in total. The third-order valence-electron chi connectivity index (χ3n) is 5.83. The Morgan fingerprint density at radius 1 is 1.12 bits per heavy atom. The van der Waals surface area contributed by atoms with Crippen molar-refractivity contribution in [2.75, 3.05) is 56.4 Å². The number of likely N-dealkylation sites (tertiary alicyclic amines) is 2. The van der Waals surface area contributed by atoms with Crippen molar-refractivity contribution in [3.8, 4) is 0 Å². The molecule has 0 saturated carbocycles. The number of hydrogen-bond acceptors (Lipinski definition) is 4. The number of nitrogen functional groups attached to an aromatic ring is 1. The van der Waals surface area contributed by atoms with Crippen molar-refractivity contribution in [3.05, 3.63) is 24.3 Å². The predicted molar refractivity (Wildman–Crippen MR) is 94.3 cm³/mol. The van der Waals surface area contributed by atoms with Crippen molar-refractivity contribution in [1.29, 1.82) is 0 Å². The molecule has 130 valence electrons. The van der Waals surface area contributed by atoms with Crippen molar-refractivity contribution in [2.45, 2.75) is 12.8 Å². The normalized spacial score (nSPS) is 23.8. The number of carboxylic acid groups (broad SMARTS) is 1. The fourth-order valence-electron chi connectivity index (χ4n) is 4.53. The summed E-state index contributed by atoms with van der Waals surface area (Å²) in [5.74, 6) is 0.659. The van der Waals surface area contributed by atoms with E-state index in [4.69, 9.17) is 10.8 Å². The molecule has 1 aromatic carbocycles. The average Bonchev–Trinajstić information content (AvgIpc) is 2.50. The Balaban J connectivity index is 1.20. The van der Waals surface area contributed by atoms with E-state index in [0.29, 0.717) is 24.4 Å². The lowest BCUT2D eigenvalue weighted by molar-refractivity contribution is -0.0351. The van der Waals surface area contributed by atoms with Gasteiger partial charge in [0, 0.05) is 62.6 Å². The second-order valence-electron chi connectivity index (χ2n) is 7.83. The Labute approximate surface area is 142 Å². The van der Waals surface area contributed by atoms with Crippen molar-refractivity contribution >= 4 is 17.5 Å². The molecule has 0 radical (unpaired) electrons. The summed E-state index contributed by atoms with van der Waals surface area (Å²) in [4.78, 5) is 17.5. The number of piperidine rings is 1. The fourth-order valence-corrected chi connectivity index (χ4v) is 4.53. The minimum absolute atomic E-state index is 0.489. The SMILES string of the molecule is Nc1ccc(N2CC3(CN(CC4CCN(C(=O)O)CC4)C3)C2)cc1. The number of nitrogens with two attached hydrogens (primary N) is 1. The first-order valence-corrected chi connectivity index (χ1v) is 8.84. The maximum atomic E-state index is 11.0. The summed E-state index contributed by atoms with van der Waals surface area (Å²) in [7, 11) is 0. The Morgan fingerprint density at radius 3 is 2.33 bits per heavy atom. The van der Waals surface area contributed by atoms with Crippen molar-refractivity contribution < 1.29 is 9.90 Å². The van der Waals surface area contributed by atoms with E-state index < -0.39 is 6.09 Å². The highest BCUT2D eigenvalue weighted by Crippen LogP contribution is 2.42. The lowest BCUT2D eigenvalue weighted by atomic mass is 9.72. The maximum absolute atomic E-state index is 11.0. The molecule has 0 aliphatic carbocycles. The van der Waals surface area contributed by atoms with Crippen LogP contribution in [0.3, 0.4) is 0 Å². The molecule has 3 aliphatic rings. The standard InChI is InChI=1S/C18H26N4O2/c19-15-1-3-16(4-2-15)22-12-18(13-22)10-20(11-18)9-14-5-7-21(8-6-14)17(23)24/h1-4,14H,5-13,19H2,(H,23,24). The summed E-state index contributed by atoms with van der Waals surface area (Å²) in [6.07, 6.45) is 1.24. The summed E-state index contributed by atoms with van der Waals surface area (Å²) in [6.45, 7) is 7.20. The zero-order valence-electron chi connectivity index (χ0n) is 14.0. The number of carbonyl (C=O) groups is 1. The highest BCUT2D eigenvalue weighted by atomic mass is 16.4. The van der Waals surface area contributed by atoms with Gasteiger partial charge in [-0.15, -0.1) is 0 Å². The van der Waals surface area contributed by atoms with E-state index in [0.717, 1.165) is 38.2 Å². The monoisotopic (exact) mass is 330 g/mol. The largest absolute Gasteiger partial charge is 0.465 e. The molecule has 0 bridgehead atoms. The minimum atomic E-state index is -0.770. The fraction of sp³-hybridized carbons (Fsp3) is 0.611.